The van der Waals surface area contributed by atoms with Crippen LogP contribution < -0.4 is 46.1 Å². The zero-order valence-electron chi connectivity index (χ0n) is 41.9. The molecule has 3 aromatic rings. The van der Waals surface area contributed by atoms with Gasteiger partial charge in [-0.1, -0.05) is 29.8 Å². The van der Waals surface area contributed by atoms with Crippen LogP contribution in [0.4, 0.5) is 11.6 Å². The molecule has 3 rings (SSSR count). The van der Waals surface area contributed by atoms with Crippen LogP contribution in [0.2, 0.25) is 0 Å². The summed E-state index contributed by atoms with van der Waals surface area (Å²) in [5.41, 5.74) is 12.3. The number of nitrogens with two attached hydrogens (primary N) is 2. The van der Waals surface area contributed by atoms with Gasteiger partial charge in [0.2, 0.25) is 11.5 Å². The smallest absolute Gasteiger partial charge is 0.866 e. The third-order valence-electron chi connectivity index (χ3n) is 7.84. The van der Waals surface area contributed by atoms with Gasteiger partial charge in [0.05, 0.1) is 40.1 Å². The Morgan fingerprint density at radius 3 is 1.31 bits per heavy atom. The first-order valence-electron chi connectivity index (χ1n) is 20.9. The number of anilines is 2. The molecular formula is C46H53N12NaO13. The minimum atomic E-state index is -1.19. The van der Waals surface area contributed by atoms with Gasteiger partial charge in [-0.25, -0.2) is 33.3 Å². The molecule has 0 unspecified atom stereocenters. The number of benzene rings is 1. The molecule has 376 valence electrons. The van der Waals surface area contributed by atoms with Crippen molar-refractivity contribution in [1.82, 2.24) is 19.6 Å². The van der Waals surface area contributed by atoms with Gasteiger partial charge in [-0.2, -0.15) is 41.8 Å². The second-order valence-corrected chi connectivity index (χ2v) is 13.4. The molecule has 1 aromatic carbocycles. The molecule has 26 heteroatoms. The number of rotatable bonds is 13. The van der Waals surface area contributed by atoms with Gasteiger partial charge in [0.25, 0.3) is 0 Å². The minimum Gasteiger partial charge on any atom is -0.866 e. The molecular weight excluding hydrogens is 952 g/mol. The number of nitrogen functional groups attached to an aromatic ring is 2. The van der Waals surface area contributed by atoms with Crippen LogP contribution in [0.1, 0.15) is 118 Å². The predicted molar refractivity (Wildman–Crippen MR) is 244 cm³/mol. The number of carbonyl (C=O) groups is 6. The monoisotopic (exact) mass is 1000 g/mol. The zero-order chi connectivity index (χ0) is 55.0. The number of hydrogen-bond acceptors (Lipinski definition) is 23. The maximum atomic E-state index is 12.4. The van der Waals surface area contributed by atoms with Crippen molar-refractivity contribution in [3.63, 3.8) is 0 Å². The summed E-state index contributed by atoms with van der Waals surface area (Å²) in [5, 5.41) is 70.3. The van der Waals surface area contributed by atoms with E-state index in [9.17, 15) is 39.1 Å². The Balaban J connectivity index is -0.000000843. The summed E-state index contributed by atoms with van der Waals surface area (Å²) < 4.78 is 29.8. The Morgan fingerprint density at radius 1 is 0.597 bits per heavy atom. The molecule has 0 atom stereocenters. The molecule has 2 heterocycles. The fraction of sp³-hybridized carbons (Fsp3) is 0.391. The first-order chi connectivity index (χ1) is 33.6. The molecule has 2 aromatic heterocycles. The molecule has 0 spiro atoms. The molecule has 0 saturated carbocycles. The van der Waals surface area contributed by atoms with Crippen LogP contribution in [0, 0.1) is 74.9 Å². The Bertz CT molecular complexity index is 2630. The number of allylic oxidation sites excluding steroid dienone is 2. The third-order valence-corrected chi connectivity index (χ3v) is 7.84. The van der Waals surface area contributed by atoms with Gasteiger partial charge in [0.15, 0.2) is 17.0 Å². The number of ether oxygens (including phenoxy) is 6. The van der Waals surface area contributed by atoms with E-state index in [1.807, 2.05) is 58.9 Å². The molecule has 25 nitrogen and oxygen atoms in total. The molecule has 0 aliphatic rings. The number of hydrogen-bond donors (Lipinski definition) is 2. The van der Waals surface area contributed by atoms with Gasteiger partial charge >= 0.3 is 59.4 Å². The summed E-state index contributed by atoms with van der Waals surface area (Å²) in [4.78, 5) is 66.5. The van der Waals surface area contributed by atoms with E-state index in [1.165, 1.54) is 47.7 Å². The summed E-state index contributed by atoms with van der Waals surface area (Å²) in [6.45, 7) is 18.3. The maximum absolute atomic E-state index is 12.4. The van der Waals surface area contributed by atoms with E-state index >= 15 is 0 Å². The van der Waals surface area contributed by atoms with E-state index in [1.54, 1.807) is 39.8 Å². The Labute approximate surface area is 438 Å². The molecule has 0 aliphatic heterocycles. The Kier molecular flexibility index (Phi) is 34.0. The van der Waals surface area contributed by atoms with Crippen LogP contribution in [0.25, 0.3) is 0 Å². The number of aromatic nitrogens is 4. The van der Waals surface area contributed by atoms with Crippen molar-refractivity contribution in [2.24, 2.45) is 0 Å². The van der Waals surface area contributed by atoms with Crippen molar-refractivity contribution in [2.45, 2.75) is 81.3 Å². The standard InChI is InChI=1S/C15H16N4O.C10H14N4O2.C8H8N2O3.C7H6N2O3.C6H10O4.Na/c1-9(2)19-15(17)12(8-16)13(18-19)14(20)11-6-4-10(3)5-7-11;1-4-16-10(15)8-7(5-11)9(12)14(13-8)6(2)3;1-3-13-8(11)7(12-2)6(4-9)5-10;1-2-12-7(11)6(10)5(3-8)4-9;1-3-9-5(7)6(8)10-4-2;/h4-7,9H,17H2,1-3H3;6H,4,12H2,1-3H3;3H2,1-2H3;10H,2H2,1H3;3-4H2,1-2H3;/q;;;;;+1/p-1. The number of aryl methyl sites for hydroxylation is 1. The Hall–Kier alpha value is -8.72. The largest absolute Gasteiger partial charge is 1.00 e. The summed E-state index contributed by atoms with van der Waals surface area (Å²) in [7, 11) is 1.20. The van der Waals surface area contributed by atoms with E-state index in [2.05, 4.69) is 33.9 Å². The fourth-order valence-electron chi connectivity index (χ4n) is 4.66. The second kappa shape index (κ2) is 36.3. The van der Waals surface area contributed by atoms with Gasteiger partial charge in [-0.15, -0.1) is 0 Å². The molecule has 0 fully saturated rings. The number of nitriles is 6. The van der Waals surface area contributed by atoms with E-state index < -0.39 is 41.2 Å². The minimum absolute atomic E-state index is 0. The van der Waals surface area contributed by atoms with Crippen molar-refractivity contribution in [2.75, 3.05) is 51.6 Å². The number of ketones is 1. The molecule has 72 heavy (non-hydrogen) atoms. The zero-order valence-corrected chi connectivity index (χ0v) is 43.9. The first-order valence-corrected chi connectivity index (χ1v) is 20.9. The van der Waals surface area contributed by atoms with Crippen LogP contribution in [-0.2, 0) is 47.6 Å². The fourth-order valence-corrected chi connectivity index (χ4v) is 4.66. The van der Waals surface area contributed by atoms with Crippen molar-refractivity contribution >= 4 is 47.3 Å². The third kappa shape index (κ3) is 21.3. The molecule has 0 aliphatic carbocycles. The normalized spacial score (nSPS) is 9.04. The van der Waals surface area contributed by atoms with Crippen LogP contribution in [0.3, 0.4) is 0 Å². The van der Waals surface area contributed by atoms with E-state index in [0.717, 1.165) is 5.56 Å². The number of carbonyl (C=O) groups excluding carboxylic acids is 6. The predicted octanol–water partition coefficient (Wildman–Crippen LogP) is 0.377. The topological polar surface area (TPSA) is 411 Å². The van der Waals surface area contributed by atoms with Crippen molar-refractivity contribution in [3.05, 3.63) is 80.6 Å². The van der Waals surface area contributed by atoms with E-state index in [-0.39, 0.29) is 126 Å². The molecule has 0 radical (unpaired) electrons. The van der Waals surface area contributed by atoms with Gasteiger partial charge in [0, 0.05) is 23.4 Å². The maximum Gasteiger partial charge on any atom is 1.00 e. The summed E-state index contributed by atoms with van der Waals surface area (Å²) in [6.07, 6.45) is 0. The summed E-state index contributed by atoms with van der Waals surface area (Å²) in [5.74, 6) is -5.85. The van der Waals surface area contributed by atoms with Crippen molar-refractivity contribution < 1.29 is 91.9 Å². The Morgan fingerprint density at radius 2 is 0.958 bits per heavy atom. The van der Waals surface area contributed by atoms with Crippen molar-refractivity contribution in [1.29, 1.82) is 31.6 Å². The van der Waals surface area contributed by atoms with E-state index in [0.29, 0.717) is 5.56 Å². The quantitative estimate of drug-likeness (QED) is 0.0341. The van der Waals surface area contributed by atoms with Crippen molar-refractivity contribution in [3.8, 4) is 36.4 Å². The van der Waals surface area contributed by atoms with Crippen LogP contribution in [0.5, 0.6) is 0 Å². The molecule has 4 N–H and O–H groups in total. The first kappa shape index (κ1) is 67.5. The molecule has 0 saturated heterocycles. The van der Waals surface area contributed by atoms with Gasteiger partial charge in [-0.05, 0) is 69.2 Å². The van der Waals surface area contributed by atoms with Crippen LogP contribution >= 0.6 is 0 Å². The SMILES string of the molecule is CCOC(=O)C(=O)OCC.CCOC(=O)C(OC)=C(C#N)C#N.CCOC(=O)C([O-])=C(C#N)C#N.CCOC(=O)c1nn(C(C)C)c(N)c1C#N.Cc1ccc(C(=O)c2nn(C(C)C)c(N)c2C#N)cc1.[Na+]. The number of esters is 5. The van der Waals surface area contributed by atoms with Gasteiger partial charge in [0.1, 0.15) is 64.8 Å². The van der Waals surface area contributed by atoms with E-state index in [4.69, 9.17) is 42.5 Å². The molecule has 0 bridgehead atoms. The summed E-state index contributed by atoms with van der Waals surface area (Å²) >= 11 is 0. The summed E-state index contributed by atoms with van der Waals surface area (Å²) in [6, 6.07) is 16.6. The van der Waals surface area contributed by atoms with Gasteiger partial charge in [-0.3, -0.25) is 4.79 Å². The molecule has 0 amide bonds. The average molecular weight is 1000 g/mol. The average Bonchev–Trinajstić information content (AvgIpc) is 3.87. The number of nitrogens with zero attached hydrogens (tertiary/aromatic N) is 10. The van der Waals surface area contributed by atoms with Crippen LogP contribution in [-0.4, -0.2) is 95.3 Å². The number of methoxy groups -OCH3 is 1. The second-order valence-electron chi connectivity index (χ2n) is 13.4. The van der Waals surface area contributed by atoms with Gasteiger partial charge < -0.3 is 45.0 Å². The van der Waals surface area contributed by atoms with Crippen LogP contribution in [0.15, 0.2) is 46.9 Å².